The van der Waals surface area contributed by atoms with Crippen molar-refractivity contribution in [2.24, 2.45) is 17.6 Å². The maximum Gasteiger partial charge on any atom is 0.128 e. The van der Waals surface area contributed by atoms with E-state index in [4.69, 9.17) is 5.73 Å². The van der Waals surface area contributed by atoms with E-state index >= 15 is 0 Å². The van der Waals surface area contributed by atoms with E-state index in [0.29, 0.717) is 0 Å². The number of pyridine rings is 1. The molecule has 1 aromatic rings. The molecule has 1 aromatic heterocycles. The summed E-state index contributed by atoms with van der Waals surface area (Å²) in [4.78, 5) is 6.95. The molecule has 0 amide bonds. The predicted molar refractivity (Wildman–Crippen MR) is 69.9 cm³/mol. The van der Waals surface area contributed by atoms with Crippen LogP contribution >= 0.6 is 0 Å². The van der Waals surface area contributed by atoms with Crippen LogP contribution in [0.15, 0.2) is 18.3 Å². The molecule has 3 rings (SSSR count). The van der Waals surface area contributed by atoms with Crippen molar-refractivity contribution < 1.29 is 0 Å². The first-order valence-corrected chi connectivity index (χ1v) is 6.70. The van der Waals surface area contributed by atoms with Crippen molar-refractivity contribution in [2.45, 2.75) is 32.2 Å². The lowest BCUT2D eigenvalue weighted by Crippen LogP contribution is -2.22. The smallest absolute Gasteiger partial charge is 0.128 e. The van der Waals surface area contributed by atoms with E-state index in [1.807, 2.05) is 19.2 Å². The minimum atomic E-state index is 0.0962. The number of fused-ring (bicyclic) bond motifs is 1. The Hall–Kier alpha value is -1.09. The zero-order valence-electron chi connectivity index (χ0n) is 10.5. The SMILES string of the molecule is C[C@@H](N)c1ccnc(N2CC3CCCC3C2)c1. The Balaban J connectivity index is 1.78. The van der Waals surface area contributed by atoms with Crippen LogP contribution in [0.4, 0.5) is 5.82 Å². The minimum Gasteiger partial charge on any atom is -0.356 e. The Morgan fingerprint density at radius 1 is 1.35 bits per heavy atom. The van der Waals surface area contributed by atoms with Gasteiger partial charge in [-0.25, -0.2) is 4.98 Å². The third-order valence-electron chi connectivity index (χ3n) is 4.35. The molecule has 0 bridgehead atoms. The lowest BCUT2D eigenvalue weighted by atomic mass is 10.0. The van der Waals surface area contributed by atoms with E-state index in [2.05, 4.69) is 16.0 Å². The summed E-state index contributed by atoms with van der Waals surface area (Å²) in [7, 11) is 0. The minimum absolute atomic E-state index is 0.0962. The van der Waals surface area contributed by atoms with E-state index in [1.54, 1.807) is 0 Å². The highest BCUT2D eigenvalue weighted by molar-refractivity contribution is 5.43. The summed E-state index contributed by atoms with van der Waals surface area (Å²) < 4.78 is 0. The summed E-state index contributed by atoms with van der Waals surface area (Å²) in [5.74, 6) is 2.95. The van der Waals surface area contributed by atoms with Gasteiger partial charge in [0.15, 0.2) is 0 Å². The molecule has 92 valence electrons. The van der Waals surface area contributed by atoms with Crippen LogP contribution in [0.1, 0.15) is 37.8 Å². The molecule has 2 aliphatic rings. The fraction of sp³-hybridized carbons (Fsp3) is 0.643. The van der Waals surface area contributed by atoms with E-state index in [-0.39, 0.29) is 6.04 Å². The number of nitrogens with zero attached hydrogens (tertiary/aromatic N) is 2. The van der Waals surface area contributed by atoms with Gasteiger partial charge in [0.2, 0.25) is 0 Å². The van der Waals surface area contributed by atoms with Gasteiger partial charge in [-0.15, -0.1) is 0 Å². The largest absolute Gasteiger partial charge is 0.356 e. The Morgan fingerprint density at radius 2 is 2.06 bits per heavy atom. The second kappa shape index (κ2) is 4.30. The first-order chi connectivity index (χ1) is 8.24. The molecule has 1 aliphatic carbocycles. The molecule has 1 saturated heterocycles. The second-order valence-electron chi connectivity index (χ2n) is 5.59. The topological polar surface area (TPSA) is 42.1 Å². The molecule has 2 unspecified atom stereocenters. The molecule has 0 spiro atoms. The van der Waals surface area contributed by atoms with Gasteiger partial charge in [0.05, 0.1) is 0 Å². The summed E-state index contributed by atoms with van der Waals surface area (Å²) >= 11 is 0. The molecule has 1 saturated carbocycles. The van der Waals surface area contributed by atoms with Crippen molar-refractivity contribution in [2.75, 3.05) is 18.0 Å². The van der Waals surface area contributed by atoms with Gasteiger partial charge in [0, 0.05) is 25.3 Å². The van der Waals surface area contributed by atoms with E-state index in [9.17, 15) is 0 Å². The maximum atomic E-state index is 5.93. The number of anilines is 1. The van der Waals surface area contributed by atoms with E-state index < -0.39 is 0 Å². The Bertz CT molecular complexity index is 390. The lowest BCUT2D eigenvalue weighted by molar-refractivity contribution is 0.494. The fourth-order valence-corrected chi connectivity index (χ4v) is 3.31. The molecule has 0 aromatic carbocycles. The summed E-state index contributed by atoms with van der Waals surface area (Å²) in [5, 5.41) is 0. The molecule has 3 atom stereocenters. The van der Waals surface area contributed by atoms with Gasteiger partial charge in [0.25, 0.3) is 0 Å². The average Bonchev–Trinajstić information content (AvgIpc) is 2.89. The molecule has 3 nitrogen and oxygen atoms in total. The van der Waals surface area contributed by atoms with Crippen LogP contribution in [0.5, 0.6) is 0 Å². The quantitative estimate of drug-likeness (QED) is 0.849. The molecule has 2 fully saturated rings. The molecule has 2 heterocycles. The first kappa shape index (κ1) is 11.0. The first-order valence-electron chi connectivity index (χ1n) is 6.70. The predicted octanol–water partition coefficient (Wildman–Crippen LogP) is 2.34. The van der Waals surface area contributed by atoms with Crippen molar-refractivity contribution in [3.8, 4) is 0 Å². The maximum absolute atomic E-state index is 5.93. The molecule has 0 radical (unpaired) electrons. The van der Waals surface area contributed by atoms with Gasteiger partial charge in [-0.2, -0.15) is 0 Å². The van der Waals surface area contributed by atoms with Crippen molar-refractivity contribution in [3.63, 3.8) is 0 Å². The molecular weight excluding hydrogens is 210 g/mol. The highest BCUT2D eigenvalue weighted by Gasteiger charge is 2.36. The molecule has 1 aliphatic heterocycles. The normalized spacial score (nSPS) is 29.4. The Morgan fingerprint density at radius 3 is 2.71 bits per heavy atom. The standard InChI is InChI=1S/C14H21N3/c1-10(15)11-5-6-16-14(7-11)17-8-12-3-2-4-13(12)9-17/h5-7,10,12-13H,2-4,8-9,15H2,1H3/t10-,12?,13?/m1/s1. The number of nitrogens with two attached hydrogens (primary N) is 1. The number of hydrogen-bond donors (Lipinski definition) is 1. The zero-order chi connectivity index (χ0) is 11.8. The average molecular weight is 231 g/mol. The van der Waals surface area contributed by atoms with Crippen molar-refractivity contribution in [3.05, 3.63) is 23.9 Å². The van der Waals surface area contributed by atoms with Crippen LogP contribution in [-0.4, -0.2) is 18.1 Å². The van der Waals surface area contributed by atoms with Crippen LogP contribution in [0, 0.1) is 11.8 Å². The number of rotatable bonds is 2. The van der Waals surface area contributed by atoms with Gasteiger partial charge in [-0.1, -0.05) is 6.42 Å². The zero-order valence-corrected chi connectivity index (χ0v) is 10.5. The Labute approximate surface area is 103 Å². The Kier molecular flexibility index (Phi) is 2.79. The second-order valence-corrected chi connectivity index (χ2v) is 5.59. The van der Waals surface area contributed by atoms with Crippen LogP contribution < -0.4 is 10.6 Å². The van der Waals surface area contributed by atoms with Crippen molar-refractivity contribution in [1.82, 2.24) is 4.98 Å². The third-order valence-corrected chi connectivity index (χ3v) is 4.35. The number of hydrogen-bond acceptors (Lipinski definition) is 3. The molecular formula is C14H21N3. The number of aromatic nitrogens is 1. The van der Waals surface area contributed by atoms with Crippen LogP contribution in [0.25, 0.3) is 0 Å². The van der Waals surface area contributed by atoms with Gasteiger partial charge in [-0.05, 0) is 49.3 Å². The van der Waals surface area contributed by atoms with Crippen molar-refractivity contribution in [1.29, 1.82) is 0 Å². The fourth-order valence-electron chi connectivity index (χ4n) is 3.31. The van der Waals surface area contributed by atoms with Crippen LogP contribution in [0.2, 0.25) is 0 Å². The summed E-state index contributed by atoms with van der Waals surface area (Å²) in [6.07, 6.45) is 6.14. The third kappa shape index (κ3) is 2.04. The van der Waals surface area contributed by atoms with E-state index in [0.717, 1.165) is 17.7 Å². The van der Waals surface area contributed by atoms with Gasteiger partial charge in [0.1, 0.15) is 5.82 Å². The molecule has 17 heavy (non-hydrogen) atoms. The van der Waals surface area contributed by atoms with E-state index in [1.165, 1.54) is 37.9 Å². The van der Waals surface area contributed by atoms with Crippen molar-refractivity contribution >= 4 is 5.82 Å². The molecule has 2 N–H and O–H groups in total. The van der Waals surface area contributed by atoms with Crippen LogP contribution in [-0.2, 0) is 0 Å². The highest BCUT2D eigenvalue weighted by atomic mass is 15.2. The summed E-state index contributed by atoms with van der Waals surface area (Å²) in [6, 6.07) is 4.27. The molecule has 3 heteroatoms. The van der Waals surface area contributed by atoms with Gasteiger partial charge < -0.3 is 10.6 Å². The summed E-state index contributed by atoms with van der Waals surface area (Å²) in [5.41, 5.74) is 7.11. The van der Waals surface area contributed by atoms with Gasteiger partial charge in [-0.3, -0.25) is 0 Å². The summed E-state index contributed by atoms with van der Waals surface area (Å²) in [6.45, 7) is 4.41. The highest BCUT2D eigenvalue weighted by Crippen LogP contribution is 2.39. The van der Waals surface area contributed by atoms with Gasteiger partial charge >= 0.3 is 0 Å². The monoisotopic (exact) mass is 231 g/mol. The van der Waals surface area contributed by atoms with Crippen LogP contribution in [0.3, 0.4) is 0 Å². The lowest BCUT2D eigenvalue weighted by Gasteiger charge is -2.19.